The van der Waals surface area contributed by atoms with E-state index in [0.29, 0.717) is 23.5 Å². The number of likely N-dealkylation sites (tertiary alicyclic amines) is 1. The average molecular weight is 319 g/mol. The van der Waals surface area contributed by atoms with Gasteiger partial charge in [0.2, 0.25) is 0 Å². The largest absolute Gasteiger partial charge is 0.329 e. The van der Waals surface area contributed by atoms with E-state index in [9.17, 15) is 4.39 Å². The van der Waals surface area contributed by atoms with Crippen LogP contribution in [0.2, 0.25) is 10.0 Å². The Morgan fingerprint density at radius 1 is 1.40 bits per heavy atom. The van der Waals surface area contributed by atoms with Gasteiger partial charge in [0.05, 0.1) is 5.02 Å². The standard InChI is InChI=1S/C15H21Cl2FN2/c1-9-3-4-20(11(5-9)8-19)10(2)12-6-15(18)14(17)7-13(12)16/h6-7,9-11H,3-5,8,19H2,1-2H3. The van der Waals surface area contributed by atoms with Crippen molar-refractivity contribution < 1.29 is 4.39 Å². The van der Waals surface area contributed by atoms with Gasteiger partial charge in [-0.1, -0.05) is 30.1 Å². The molecule has 20 heavy (non-hydrogen) atoms. The van der Waals surface area contributed by atoms with Crippen molar-refractivity contribution in [1.82, 2.24) is 4.90 Å². The quantitative estimate of drug-likeness (QED) is 0.844. The number of hydrogen-bond donors (Lipinski definition) is 1. The molecule has 2 nitrogen and oxygen atoms in total. The summed E-state index contributed by atoms with van der Waals surface area (Å²) in [5.74, 6) is 0.261. The van der Waals surface area contributed by atoms with Crippen LogP contribution in [-0.4, -0.2) is 24.0 Å². The van der Waals surface area contributed by atoms with Gasteiger partial charge in [0.15, 0.2) is 0 Å². The summed E-state index contributed by atoms with van der Waals surface area (Å²) >= 11 is 12.0. The predicted octanol–water partition coefficient (Wildman–Crippen LogP) is 4.25. The molecule has 0 spiro atoms. The first-order valence-electron chi connectivity index (χ1n) is 7.04. The lowest BCUT2D eigenvalue weighted by atomic mass is 9.90. The molecule has 2 rings (SSSR count). The summed E-state index contributed by atoms with van der Waals surface area (Å²) in [4.78, 5) is 2.33. The highest BCUT2D eigenvalue weighted by Gasteiger charge is 2.30. The second-order valence-electron chi connectivity index (χ2n) is 5.72. The Morgan fingerprint density at radius 3 is 2.75 bits per heavy atom. The van der Waals surface area contributed by atoms with Gasteiger partial charge >= 0.3 is 0 Å². The summed E-state index contributed by atoms with van der Waals surface area (Å²) in [6, 6.07) is 3.29. The number of halogens is 3. The summed E-state index contributed by atoms with van der Waals surface area (Å²) in [6.07, 6.45) is 2.21. The topological polar surface area (TPSA) is 29.3 Å². The Kier molecular flexibility index (Phi) is 5.30. The van der Waals surface area contributed by atoms with Crippen molar-refractivity contribution in [3.05, 3.63) is 33.6 Å². The molecule has 1 fully saturated rings. The van der Waals surface area contributed by atoms with Gasteiger partial charge in [-0.15, -0.1) is 0 Å². The summed E-state index contributed by atoms with van der Waals surface area (Å²) in [7, 11) is 0. The van der Waals surface area contributed by atoms with Crippen LogP contribution in [0.25, 0.3) is 0 Å². The van der Waals surface area contributed by atoms with E-state index in [-0.39, 0.29) is 11.1 Å². The normalized spacial score (nSPS) is 25.7. The van der Waals surface area contributed by atoms with E-state index in [4.69, 9.17) is 28.9 Å². The maximum Gasteiger partial charge on any atom is 0.142 e. The highest BCUT2D eigenvalue weighted by molar-refractivity contribution is 6.35. The molecule has 0 amide bonds. The maximum atomic E-state index is 13.7. The number of nitrogens with two attached hydrogens (primary N) is 1. The number of rotatable bonds is 3. The number of hydrogen-bond acceptors (Lipinski definition) is 2. The van der Waals surface area contributed by atoms with Crippen molar-refractivity contribution in [2.24, 2.45) is 11.7 Å². The molecular weight excluding hydrogens is 298 g/mol. The molecule has 112 valence electrons. The lowest BCUT2D eigenvalue weighted by molar-refractivity contribution is 0.0833. The molecule has 1 aliphatic rings. The van der Waals surface area contributed by atoms with Gasteiger partial charge < -0.3 is 5.73 Å². The summed E-state index contributed by atoms with van der Waals surface area (Å²) in [5.41, 5.74) is 6.67. The molecule has 0 saturated carbocycles. The van der Waals surface area contributed by atoms with Gasteiger partial charge in [-0.3, -0.25) is 4.90 Å². The second kappa shape index (κ2) is 6.61. The van der Waals surface area contributed by atoms with Crippen molar-refractivity contribution in [1.29, 1.82) is 0 Å². The minimum Gasteiger partial charge on any atom is -0.329 e. The first kappa shape index (κ1) is 16.0. The van der Waals surface area contributed by atoms with E-state index in [1.165, 1.54) is 12.1 Å². The van der Waals surface area contributed by atoms with Crippen molar-refractivity contribution in [3.8, 4) is 0 Å². The SMILES string of the molecule is CC1CCN(C(C)c2cc(F)c(Cl)cc2Cl)C(CN)C1. The van der Waals surface area contributed by atoms with Gasteiger partial charge in [0.1, 0.15) is 5.82 Å². The third-order valence-corrected chi connectivity index (χ3v) is 4.90. The van der Waals surface area contributed by atoms with Crippen LogP contribution in [0.4, 0.5) is 4.39 Å². The van der Waals surface area contributed by atoms with Gasteiger partial charge in [-0.25, -0.2) is 4.39 Å². The molecule has 1 saturated heterocycles. The average Bonchev–Trinajstić information content (AvgIpc) is 2.42. The zero-order valence-electron chi connectivity index (χ0n) is 11.9. The van der Waals surface area contributed by atoms with Gasteiger partial charge in [-0.05, 0) is 49.9 Å². The summed E-state index contributed by atoms with van der Waals surface area (Å²) in [5, 5.41) is 0.576. The Hall–Kier alpha value is -0.350. The van der Waals surface area contributed by atoms with Gasteiger partial charge in [-0.2, -0.15) is 0 Å². The van der Waals surface area contributed by atoms with E-state index in [2.05, 4.69) is 11.8 Å². The van der Waals surface area contributed by atoms with E-state index >= 15 is 0 Å². The van der Waals surface area contributed by atoms with Gasteiger partial charge in [0, 0.05) is 23.7 Å². The predicted molar refractivity (Wildman–Crippen MR) is 82.8 cm³/mol. The fraction of sp³-hybridized carbons (Fsp3) is 0.600. The van der Waals surface area contributed by atoms with Crippen molar-refractivity contribution in [2.45, 2.75) is 38.8 Å². The molecule has 0 radical (unpaired) electrons. The minimum absolute atomic E-state index is 0.0373. The maximum absolute atomic E-state index is 13.7. The third kappa shape index (κ3) is 3.28. The number of benzene rings is 1. The van der Waals surface area contributed by atoms with E-state index in [1.54, 1.807) is 0 Å². The lowest BCUT2D eigenvalue weighted by Gasteiger charge is -2.42. The molecule has 5 heteroatoms. The third-order valence-electron chi connectivity index (χ3n) is 4.28. The van der Waals surface area contributed by atoms with Crippen LogP contribution in [0.1, 0.15) is 38.3 Å². The van der Waals surface area contributed by atoms with Crippen LogP contribution in [0.5, 0.6) is 0 Å². The molecule has 1 aromatic rings. The van der Waals surface area contributed by atoms with E-state index < -0.39 is 5.82 Å². The Bertz CT molecular complexity index is 481. The van der Waals surface area contributed by atoms with Crippen molar-refractivity contribution >= 4 is 23.2 Å². The molecule has 3 unspecified atom stereocenters. The Balaban J connectivity index is 2.26. The fourth-order valence-electron chi connectivity index (χ4n) is 3.05. The highest BCUT2D eigenvalue weighted by Crippen LogP contribution is 2.35. The van der Waals surface area contributed by atoms with Crippen LogP contribution < -0.4 is 5.73 Å². The number of nitrogens with zero attached hydrogens (tertiary/aromatic N) is 1. The molecule has 2 N–H and O–H groups in total. The molecule has 0 aromatic heterocycles. The Morgan fingerprint density at radius 2 is 2.10 bits per heavy atom. The minimum atomic E-state index is -0.424. The van der Waals surface area contributed by atoms with Crippen LogP contribution in [0.3, 0.4) is 0 Å². The Labute approximate surface area is 130 Å². The van der Waals surface area contributed by atoms with Gasteiger partial charge in [0.25, 0.3) is 0 Å². The zero-order valence-corrected chi connectivity index (χ0v) is 13.4. The monoisotopic (exact) mass is 318 g/mol. The lowest BCUT2D eigenvalue weighted by Crippen LogP contribution is -2.47. The molecule has 0 aliphatic carbocycles. The summed E-state index contributed by atoms with van der Waals surface area (Å²) < 4.78 is 13.7. The van der Waals surface area contributed by atoms with Crippen LogP contribution >= 0.6 is 23.2 Å². The zero-order chi connectivity index (χ0) is 14.9. The number of piperidine rings is 1. The molecular formula is C15H21Cl2FN2. The van der Waals surface area contributed by atoms with E-state index in [1.807, 2.05) is 6.92 Å². The molecule has 1 aromatic carbocycles. The fourth-order valence-corrected chi connectivity index (χ4v) is 3.59. The molecule has 1 heterocycles. The van der Waals surface area contributed by atoms with E-state index in [0.717, 1.165) is 24.9 Å². The van der Waals surface area contributed by atoms with Crippen molar-refractivity contribution in [3.63, 3.8) is 0 Å². The van der Waals surface area contributed by atoms with Crippen LogP contribution in [0.15, 0.2) is 12.1 Å². The van der Waals surface area contributed by atoms with Crippen LogP contribution in [-0.2, 0) is 0 Å². The highest BCUT2D eigenvalue weighted by atomic mass is 35.5. The van der Waals surface area contributed by atoms with Crippen molar-refractivity contribution in [2.75, 3.05) is 13.1 Å². The molecule has 1 aliphatic heterocycles. The second-order valence-corrected chi connectivity index (χ2v) is 6.54. The smallest absolute Gasteiger partial charge is 0.142 e. The summed E-state index contributed by atoms with van der Waals surface area (Å²) in [6.45, 7) is 5.87. The molecule has 0 bridgehead atoms. The van der Waals surface area contributed by atoms with Crippen LogP contribution in [0, 0.1) is 11.7 Å². The molecule has 3 atom stereocenters. The first-order chi connectivity index (χ1) is 9.43. The first-order valence-corrected chi connectivity index (χ1v) is 7.79.